The molecule has 1 amide bonds. The second-order valence-electron chi connectivity index (χ2n) is 5.08. The quantitative estimate of drug-likeness (QED) is 0.900. The van der Waals surface area contributed by atoms with Crippen LogP contribution < -0.4 is 11.1 Å². The van der Waals surface area contributed by atoms with E-state index in [1.165, 1.54) is 12.1 Å². The highest BCUT2D eigenvalue weighted by atomic mass is 19.1. The van der Waals surface area contributed by atoms with Crippen LogP contribution in [0.1, 0.15) is 22.7 Å². The van der Waals surface area contributed by atoms with Gasteiger partial charge in [0.25, 0.3) is 0 Å². The molecule has 0 fully saturated rings. The number of nitrogens with two attached hydrogens (primary N) is 1. The highest BCUT2D eigenvalue weighted by Gasteiger charge is 2.18. The van der Waals surface area contributed by atoms with Crippen LogP contribution in [0.15, 0.2) is 42.5 Å². The third kappa shape index (κ3) is 2.56. The minimum atomic E-state index is -0.246. The molecule has 2 aromatic rings. The largest absolute Gasteiger partial charge is 0.326 e. The van der Waals surface area contributed by atoms with Crippen LogP contribution >= 0.6 is 0 Å². The van der Waals surface area contributed by atoms with E-state index in [0.717, 1.165) is 22.4 Å². The Morgan fingerprint density at radius 3 is 2.70 bits per heavy atom. The zero-order valence-corrected chi connectivity index (χ0v) is 10.9. The van der Waals surface area contributed by atoms with Crippen LogP contribution in [0.5, 0.6) is 0 Å². The molecule has 0 saturated carbocycles. The van der Waals surface area contributed by atoms with Gasteiger partial charge < -0.3 is 11.1 Å². The molecule has 1 heterocycles. The highest BCUT2D eigenvalue weighted by Crippen LogP contribution is 2.27. The molecular weight excluding hydrogens is 255 g/mol. The molecule has 3 nitrogen and oxygen atoms in total. The van der Waals surface area contributed by atoms with Crippen molar-refractivity contribution in [2.45, 2.75) is 18.9 Å². The maximum absolute atomic E-state index is 12.9. The number of hydrogen-bond acceptors (Lipinski definition) is 2. The number of hydrogen-bond donors (Lipinski definition) is 2. The van der Waals surface area contributed by atoms with E-state index in [1.54, 1.807) is 12.1 Å². The van der Waals surface area contributed by atoms with Gasteiger partial charge in [-0.1, -0.05) is 24.3 Å². The molecule has 0 saturated heterocycles. The van der Waals surface area contributed by atoms with E-state index in [-0.39, 0.29) is 17.8 Å². The van der Waals surface area contributed by atoms with Crippen LogP contribution in [-0.4, -0.2) is 5.91 Å². The Labute approximate surface area is 116 Å². The molecule has 1 aliphatic rings. The predicted octanol–water partition coefficient (Wildman–Crippen LogP) is 2.56. The number of nitrogens with one attached hydrogen (secondary N) is 1. The van der Waals surface area contributed by atoms with Gasteiger partial charge in [0.05, 0.1) is 6.42 Å². The number of anilines is 1. The normalized spacial score (nSPS) is 14.8. The minimum Gasteiger partial charge on any atom is -0.326 e. The van der Waals surface area contributed by atoms with Gasteiger partial charge in [0, 0.05) is 11.7 Å². The molecule has 3 rings (SSSR count). The smallest absolute Gasteiger partial charge is 0.228 e. The summed E-state index contributed by atoms with van der Waals surface area (Å²) < 4.78 is 12.9. The number of rotatable bonds is 3. The first-order valence-electron chi connectivity index (χ1n) is 6.54. The van der Waals surface area contributed by atoms with Crippen molar-refractivity contribution in [3.05, 3.63) is 65.0 Å². The maximum atomic E-state index is 12.9. The Hall–Kier alpha value is -2.20. The summed E-state index contributed by atoms with van der Waals surface area (Å²) >= 11 is 0. The Kier molecular flexibility index (Phi) is 3.24. The van der Waals surface area contributed by atoms with Crippen LogP contribution in [0.25, 0.3) is 0 Å². The van der Waals surface area contributed by atoms with E-state index in [0.29, 0.717) is 12.8 Å². The van der Waals surface area contributed by atoms with Gasteiger partial charge in [0.2, 0.25) is 5.91 Å². The number of fused-ring (bicyclic) bond motifs is 1. The molecule has 0 spiro atoms. The van der Waals surface area contributed by atoms with Gasteiger partial charge in [0.15, 0.2) is 0 Å². The lowest BCUT2D eigenvalue weighted by molar-refractivity contribution is -0.115. The van der Waals surface area contributed by atoms with E-state index in [9.17, 15) is 9.18 Å². The summed E-state index contributed by atoms with van der Waals surface area (Å²) in [6, 6.07) is 12.0. The molecule has 3 N–H and O–H groups in total. The van der Waals surface area contributed by atoms with E-state index >= 15 is 0 Å². The van der Waals surface area contributed by atoms with Crippen molar-refractivity contribution < 1.29 is 9.18 Å². The summed E-state index contributed by atoms with van der Waals surface area (Å²) in [7, 11) is 0. The summed E-state index contributed by atoms with van der Waals surface area (Å²) in [6.45, 7) is 0. The molecule has 1 unspecified atom stereocenters. The first-order valence-corrected chi connectivity index (χ1v) is 6.54. The third-order valence-corrected chi connectivity index (χ3v) is 3.55. The van der Waals surface area contributed by atoms with E-state index < -0.39 is 0 Å². The van der Waals surface area contributed by atoms with Gasteiger partial charge in [-0.15, -0.1) is 0 Å². The van der Waals surface area contributed by atoms with Gasteiger partial charge in [-0.05, 0) is 41.3 Å². The lowest BCUT2D eigenvalue weighted by Crippen LogP contribution is -2.13. The van der Waals surface area contributed by atoms with Crippen molar-refractivity contribution in [1.29, 1.82) is 0 Å². The number of halogens is 1. The lowest BCUT2D eigenvalue weighted by atomic mass is 9.97. The van der Waals surface area contributed by atoms with Crippen LogP contribution in [0.4, 0.5) is 10.1 Å². The third-order valence-electron chi connectivity index (χ3n) is 3.55. The molecule has 1 atom stereocenters. The molecule has 102 valence electrons. The van der Waals surface area contributed by atoms with Gasteiger partial charge >= 0.3 is 0 Å². The molecule has 0 bridgehead atoms. The van der Waals surface area contributed by atoms with Gasteiger partial charge in [-0.25, -0.2) is 4.39 Å². The fourth-order valence-electron chi connectivity index (χ4n) is 2.47. The van der Waals surface area contributed by atoms with Crippen LogP contribution in [-0.2, 0) is 17.6 Å². The molecule has 1 aliphatic heterocycles. The summed E-state index contributed by atoms with van der Waals surface area (Å²) in [5.41, 5.74) is 10.0. The van der Waals surface area contributed by atoms with Crippen molar-refractivity contribution in [2.24, 2.45) is 5.73 Å². The van der Waals surface area contributed by atoms with E-state index in [1.807, 2.05) is 18.2 Å². The summed E-state index contributed by atoms with van der Waals surface area (Å²) in [6.07, 6.45) is 1.05. The molecule has 0 radical (unpaired) electrons. The summed E-state index contributed by atoms with van der Waals surface area (Å²) in [4.78, 5) is 11.3. The molecule has 0 aromatic heterocycles. The molecule has 0 aliphatic carbocycles. The number of carbonyl (C=O) groups excluding carboxylic acids is 1. The highest BCUT2D eigenvalue weighted by molar-refractivity contribution is 5.99. The topological polar surface area (TPSA) is 55.1 Å². The first-order chi connectivity index (χ1) is 9.61. The standard InChI is InChI=1S/C16H15FN2O/c17-13-4-1-10(2-5-13)7-14(18)11-3-6-15-12(8-11)9-16(20)19-15/h1-6,8,14H,7,9,18H2,(H,19,20). The van der Waals surface area contributed by atoms with Gasteiger partial charge in [-0.3, -0.25) is 4.79 Å². The van der Waals surface area contributed by atoms with Gasteiger partial charge in [-0.2, -0.15) is 0 Å². The van der Waals surface area contributed by atoms with Crippen LogP contribution in [0.3, 0.4) is 0 Å². The predicted molar refractivity (Wildman–Crippen MR) is 75.8 cm³/mol. The number of carbonyl (C=O) groups is 1. The molecular formula is C16H15FN2O. The SMILES string of the molecule is NC(Cc1ccc(F)cc1)c1ccc2c(c1)CC(=O)N2. The zero-order chi connectivity index (χ0) is 14.1. The number of benzene rings is 2. The maximum Gasteiger partial charge on any atom is 0.228 e. The average Bonchev–Trinajstić information content (AvgIpc) is 2.80. The Bertz CT molecular complexity index is 652. The van der Waals surface area contributed by atoms with E-state index in [4.69, 9.17) is 5.73 Å². The van der Waals surface area contributed by atoms with Crippen molar-refractivity contribution in [2.75, 3.05) is 5.32 Å². The summed E-state index contributed by atoms with van der Waals surface area (Å²) in [5, 5.41) is 2.80. The van der Waals surface area contributed by atoms with Crippen molar-refractivity contribution in [3.8, 4) is 0 Å². The van der Waals surface area contributed by atoms with Gasteiger partial charge in [0.1, 0.15) is 5.82 Å². The minimum absolute atomic E-state index is 0.0178. The second kappa shape index (κ2) is 5.06. The van der Waals surface area contributed by atoms with Crippen molar-refractivity contribution >= 4 is 11.6 Å². The fourth-order valence-corrected chi connectivity index (χ4v) is 2.47. The van der Waals surface area contributed by atoms with Crippen LogP contribution in [0, 0.1) is 5.82 Å². The molecule has 4 heteroatoms. The van der Waals surface area contributed by atoms with Crippen molar-refractivity contribution in [3.63, 3.8) is 0 Å². The average molecular weight is 270 g/mol. The van der Waals surface area contributed by atoms with E-state index in [2.05, 4.69) is 5.32 Å². The lowest BCUT2D eigenvalue weighted by Gasteiger charge is -2.13. The Morgan fingerprint density at radius 1 is 1.20 bits per heavy atom. The molecule has 2 aromatic carbocycles. The number of amides is 1. The monoisotopic (exact) mass is 270 g/mol. The Morgan fingerprint density at radius 2 is 1.95 bits per heavy atom. The van der Waals surface area contributed by atoms with Crippen molar-refractivity contribution in [1.82, 2.24) is 0 Å². The second-order valence-corrected chi connectivity index (χ2v) is 5.08. The Balaban J connectivity index is 1.77. The summed E-state index contributed by atoms with van der Waals surface area (Å²) in [5.74, 6) is -0.228. The van der Waals surface area contributed by atoms with Crippen LogP contribution in [0.2, 0.25) is 0 Å². The zero-order valence-electron chi connectivity index (χ0n) is 10.9. The molecule has 20 heavy (non-hydrogen) atoms. The fraction of sp³-hybridized carbons (Fsp3) is 0.188. The first kappa shape index (κ1) is 12.8.